The molecule has 3 N–H and O–H groups in total. The third kappa shape index (κ3) is 4.51. The highest BCUT2D eigenvalue weighted by Gasteiger charge is 2.18. The minimum absolute atomic E-state index is 0.0525. The van der Waals surface area contributed by atoms with E-state index in [1.54, 1.807) is 6.07 Å². The molecule has 122 valence electrons. The highest BCUT2D eigenvalue weighted by molar-refractivity contribution is 5.63. The highest BCUT2D eigenvalue weighted by Crippen LogP contribution is 2.28. The van der Waals surface area contributed by atoms with E-state index >= 15 is 0 Å². The molecule has 0 aromatic heterocycles. The second kappa shape index (κ2) is 7.71. The van der Waals surface area contributed by atoms with E-state index in [2.05, 4.69) is 5.32 Å². The molecule has 0 bridgehead atoms. The summed E-state index contributed by atoms with van der Waals surface area (Å²) in [7, 11) is 0. The van der Waals surface area contributed by atoms with Crippen LogP contribution < -0.4 is 5.32 Å². The van der Waals surface area contributed by atoms with Gasteiger partial charge in [-0.1, -0.05) is 30.3 Å². The molecule has 2 aromatic rings. The maximum absolute atomic E-state index is 11.1. The molecular formula is C17H20N2O4. The van der Waals surface area contributed by atoms with E-state index in [4.69, 9.17) is 0 Å². The number of aliphatic hydroxyl groups excluding tert-OH is 2. The van der Waals surface area contributed by atoms with E-state index in [0.29, 0.717) is 17.7 Å². The SMILES string of the molecule is CC(CC(O)c1ccccc1)Nc1cc(CO)ccc1[N+](=O)[O-]. The first-order valence-corrected chi connectivity index (χ1v) is 7.39. The Bertz CT molecular complexity index is 661. The molecule has 0 saturated carbocycles. The number of aliphatic hydroxyl groups is 2. The maximum Gasteiger partial charge on any atom is 0.292 e. The zero-order valence-corrected chi connectivity index (χ0v) is 12.8. The summed E-state index contributed by atoms with van der Waals surface area (Å²) in [5.74, 6) is 0. The molecule has 0 heterocycles. The number of anilines is 1. The number of nitrogens with zero attached hydrogens (tertiary/aromatic N) is 1. The largest absolute Gasteiger partial charge is 0.392 e. The Hall–Kier alpha value is -2.44. The van der Waals surface area contributed by atoms with Gasteiger partial charge in [-0.2, -0.15) is 0 Å². The number of nitrogens with one attached hydrogen (secondary N) is 1. The Balaban J connectivity index is 2.10. The molecule has 6 heteroatoms. The maximum atomic E-state index is 11.1. The summed E-state index contributed by atoms with van der Waals surface area (Å²) < 4.78 is 0. The zero-order chi connectivity index (χ0) is 16.8. The number of hydrogen-bond acceptors (Lipinski definition) is 5. The molecule has 0 aliphatic carbocycles. The molecular weight excluding hydrogens is 296 g/mol. The number of rotatable bonds is 7. The van der Waals surface area contributed by atoms with Gasteiger partial charge in [0, 0.05) is 12.1 Å². The first kappa shape index (κ1) is 16.9. The third-order valence-electron chi connectivity index (χ3n) is 3.60. The van der Waals surface area contributed by atoms with Crippen LogP contribution in [0.2, 0.25) is 0 Å². The number of benzene rings is 2. The number of hydrogen-bond donors (Lipinski definition) is 3. The van der Waals surface area contributed by atoms with Crippen molar-refractivity contribution in [1.29, 1.82) is 0 Å². The van der Waals surface area contributed by atoms with Crippen LogP contribution in [-0.4, -0.2) is 21.2 Å². The van der Waals surface area contributed by atoms with Crippen molar-refractivity contribution in [3.8, 4) is 0 Å². The average molecular weight is 316 g/mol. The fourth-order valence-electron chi connectivity index (χ4n) is 2.43. The topological polar surface area (TPSA) is 95.6 Å². The summed E-state index contributed by atoms with van der Waals surface area (Å²) in [6.07, 6.45) is -0.247. The van der Waals surface area contributed by atoms with Gasteiger partial charge >= 0.3 is 0 Å². The van der Waals surface area contributed by atoms with Crippen molar-refractivity contribution in [3.05, 3.63) is 69.8 Å². The molecule has 6 nitrogen and oxygen atoms in total. The summed E-state index contributed by atoms with van der Waals surface area (Å²) in [6.45, 7) is 1.66. The molecule has 2 unspecified atom stereocenters. The number of nitro groups is 1. The van der Waals surface area contributed by atoms with Gasteiger partial charge < -0.3 is 15.5 Å². The van der Waals surface area contributed by atoms with Crippen LogP contribution in [0, 0.1) is 10.1 Å². The van der Waals surface area contributed by atoms with E-state index in [0.717, 1.165) is 5.56 Å². The predicted octanol–water partition coefficient (Wildman–Crippen LogP) is 3.01. The van der Waals surface area contributed by atoms with Crippen LogP contribution in [0.15, 0.2) is 48.5 Å². The van der Waals surface area contributed by atoms with Crippen LogP contribution >= 0.6 is 0 Å². The van der Waals surface area contributed by atoms with Gasteiger partial charge in [0.2, 0.25) is 0 Å². The van der Waals surface area contributed by atoms with Crippen molar-refractivity contribution in [1.82, 2.24) is 0 Å². The molecule has 0 amide bonds. The van der Waals surface area contributed by atoms with Crippen molar-refractivity contribution >= 4 is 11.4 Å². The number of nitro benzene ring substituents is 1. The fraction of sp³-hybridized carbons (Fsp3) is 0.294. The van der Waals surface area contributed by atoms with Crippen LogP contribution in [0.5, 0.6) is 0 Å². The van der Waals surface area contributed by atoms with Gasteiger partial charge in [0.15, 0.2) is 0 Å². The highest BCUT2D eigenvalue weighted by atomic mass is 16.6. The van der Waals surface area contributed by atoms with Crippen LogP contribution in [-0.2, 0) is 6.61 Å². The second-order valence-corrected chi connectivity index (χ2v) is 5.47. The Morgan fingerprint density at radius 3 is 2.52 bits per heavy atom. The summed E-state index contributed by atoms with van der Waals surface area (Å²) in [6, 6.07) is 13.5. The quantitative estimate of drug-likeness (QED) is 0.539. The summed E-state index contributed by atoms with van der Waals surface area (Å²) in [5.41, 5.74) is 1.69. The van der Waals surface area contributed by atoms with Crippen molar-refractivity contribution in [2.45, 2.75) is 32.1 Å². The van der Waals surface area contributed by atoms with E-state index < -0.39 is 11.0 Å². The average Bonchev–Trinajstić information content (AvgIpc) is 2.55. The molecule has 0 aliphatic rings. The van der Waals surface area contributed by atoms with Crippen LogP contribution in [0.1, 0.15) is 30.6 Å². The molecule has 0 radical (unpaired) electrons. The Morgan fingerprint density at radius 1 is 1.22 bits per heavy atom. The van der Waals surface area contributed by atoms with Gasteiger partial charge in [-0.3, -0.25) is 10.1 Å². The summed E-state index contributed by atoms with van der Waals surface area (Å²) in [4.78, 5) is 10.6. The Labute approximate surface area is 134 Å². The lowest BCUT2D eigenvalue weighted by Gasteiger charge is -2.19. The van der Waals surface area contributed by atoms with Crippen LogP contribution in [0.4, 0.5) is 11.4 Å². The van der Waals surface area contributed by atoms with E-state index in [9.17, 15) is 20.3 Å². The molecule has 2 rings (SSSR count). The monoisotopic (exact) mass is 316 g/mol. The van der Waals surface area contributed by atoms with Gasteiger partial charge in [0.1, 0.15) is 5.69 Å². The molecule has 0 saturated heterocycles. The van der Waals surface area contributed by atoms with Crippen LogP contribution in [0.25, 0.3) is 0 Å². The summed E-state index contributed by atoms with van der Waals surface area (Å²) >= 11 is 0. The van der Waals surface area contributed by atoms with Gasteiger partial charge in [-0.05, 0) is 36.6 Å². The van der Waals surface area contributed by atoms with Gasteiger partial charge in [-0.25, -0.2) is 0 Å². The third-order valence-corrected chi connectivity index (χ3v) is 3.60. The molecule has 2 atom stereocenters. The van der Waals surface area contributed by atoms with Crippen molar-refractivity contribution < 1.29 is 15.1 Å². The van der Waals surface area contributed by atoms with Crippen molar-refractivity contribution in [2.24, 2.45) is 0 Å². The Morgan fingerprint density at radius 2 is 1.91 bits per heavy atom. The molecule has 0 fully saturated rings. The normalized spacial score (nSPS) is 13.3. The molecule has 0 aliphatic heterocycles. The standard InChI is InChI=1S/C17H20N2O4/c1-12(9-17(21)14-5-3-2-4-6-14)18-15-10-13(11-20)7-8-16(15)19(22)23/h2-8,10,12,17-18,20-21H,9,11H2,1H3. The summed E-state index contributed by atoms with van der Waals surface area (Å²) in [5, 5.41) is 33.6. The van der Waals surface area contributed by atoms with Crippen molar-refractivity contribution in [2.75, 3.05) is 5.32 Å². The Kier molecular flexibility index (Phi) is 5.67. The second-order valence-electron chi connectivity index (χ2n) is 5.47. The van der Waals surface area contributed by atoms with Crippen molar-refractivity contribution in [3.63, 3.8) is 0 Å². The minimum Gasteiger partial charge on any atom is -0.392 e. The lowest BCUT2D eigenvalue weighted by atomic mass is 10.0. The lowest BCUT2D eigenvalue weighted by molar-refractivity contribution is -0.384. The van der Waals surface area contributed by atoms with E-state index in [1.165, 1.54) is 12.1 Å². The van der Waals surface area contributed by atoms with Gasteiger partial charge in [-0.15, -0.1) is 0 Å². The predicted molar refractivity (Wildman–Crippen MR) is 88.1 cm³/mol. The van der Waals surface area contributed by atoms with Gasteiger partial charge in [0.25, 0.3) is 5.69 Å². The smallest absolute Gasteiger partial charge is 0.292 e. The molecule has 0 spiro atoms. The minimum atomic E-state index is -0.654. The first-order chi connectivity index (χ1) is 11.0. The lowest BCUT2D eigenvalue weighted by Crippen LogP contribution is -2.19. The molecule has 2 aromatic carbocycles. The fourth-order valence-corrected chi connectivity index (χ4v) is 2.43. The first-order valence-electron chi connectivity index (χ1n) is 7.39. The zero-order valence-electron chi connectivity index (χ0n) is 12.8. The van der Waals surface area contributed by atoms with Crippen LogP contribution in [0.3, 0.4) is 0 Å². The van der Waals surface area contributed by atoms with E-state index in [1.807, 2.05) is 37.3 Å². The van der Waals surface area contributed by atoms with Gasteiger partial charge in [0.05, 0.1) is 17.6 Å². The molecule has 23 heavy (non-hydrogen) atoms. The van der Waals surface area contributed by atoms with E-state index in [-0.39, 0.29) is 18.3 Å².